The molecule has 2 aromatic rings. The molecule has 2 fully saturated rings. The van der Waals surface area contributed by atoms with E-state index in [-0.39, 0.29) is 11.9 Å². The van der Waals surface area contributed by atoms with Crippen molar-refractivity contribution in [3.8, 4) is 0 Å². The maximum absolute atomic E-state index is 13.0. The molecule has 1 aromatic heterocycles. The molecule has 5 nitrogen and oxygen atoms in total. The Morgan fingerprint density at radius 1 is 1.14 bits per heavy atom. The van der Waals surface area contributed by atoms with Crippen LogP contribution in [-0.4, -0.2) is 66.0 Å². The summed E-state index contributed by atoms with van der Waals surface area (Å²) in [6.07, 6.45) is -2.34. The third-order valence-corrected chi connectivity index (χ3v) is 6.29. The van der Waals surface area contributed by atoms with Crippen molar-refractivity contribution < 1.29 is 18.0 Å². The Morgan fingerprint density at radius 2 is 1.93 bits per heavy atom. The van der Waals surface area contributed by atoms with Crippen LogP contribution in [0.2, 0.25) is 0 Å². The fraction of sp³-hybridized carbons (Fsp3) is 0.500. The number of alkyl halides is 3. The van der Waals surface area contributed by atoms with E-state index in [0.717, 1.165) is 38.5 Å². The van der Waals surface area contributed by atoms with Crippen LogP contribution in [-0.2, 0) is 6.18 Å². The van der Waals surface area contributed by atoms with Crippen LogP contribution in [0.5, 0.6) is 0 Å². The molecule has 0 aliphatic carbocycles. The van der Waals surface area contributed by atoms with Crippen molar-refractivity contribution in [3.05, 3.63) is 46.4 Å². The van der Waals surface area contributed by atoms with E-state index in [1.165, 1.54) is 23.5 Å². The number of rotatable bonds is 3. The van der Waals surface area contributed by atoms with Crippen LogP contribution in [0.1, 0.15) is 28.9 Å². The van der Waals surface area contributed by atoms with Crippen molar-refractivity contribution in [2.75, 3.05) is 44.2 Å². The van der Waals surface area contributed by atoms with Gasteiger partial charge in [0.15, 0.2) is 0 Å². The van der Waals surface area contributed by atoms with Gasteiger partial charge in [0.1, 0.15) is 5.69 Å². The smallest absolute Gasteiger partial charge is 0.369 e. The second-order valence-electron chi connectivity index (χ2n) is 7.49. The van der Waals surface area contributed by atoms with Gasteiger partial charge in [-0.25, -0.2) is 4.98 Å². The largest absolute Gasteiger partial charge is 0.416 e. The fourth-order valence-corrected chi connectivity index (χ4v) is 4.67. The van der Waals surface area contributed by atoms with Gasteiger partial charge in [0.2, 0.25) is 0 Å². The van der Waals surface area contributed by atoms with Gasteiger partial charge in [0, 0.05) is 56.4 Å². The summed E-state index contributed by atoms with van der Waals surface area (Å²) in [4.78, 5) is 23.0. The second kappa shape index (κ2) is 8.31. The first kappa shape index (κ1) is 20.2. The number of anilines is 1. The molecule has 156 valence electrons. The van der Waals surface area contributed by atoms with Crippen LogP contribution in [0, 0.1) is 0 Å². The van der Waals surface area contributed by atoms with Crippen molar-refractivity contribution in [1.82, 2.24) is 14.8 Å². The van der Waals surface area contributed by atoms with Gasteiger partial charge in [0.25, 0.3) is 5.91 Å². The van der Waals surface area contributed by atoms with E-state index in [4.69, 9.17) is 0 Å². The molecular weight excluding hydrogens is 401 g/mol. The lowest BCUT2D eigenvalue weighted by Crippen LogP contribution is -2.56. The summed E-state index contributed by atoms with van der Waals surface area (Å²) in [7, 11) is 0. The number of carbonyl (C=O) groups is 1. The average Bonchev–Trinajstić information content (AvgIpc) is 3.28. The Kier molecular flexibility index (Phi) is 5.78. The van der Waals surface area contributed by atoms with Crippen molar-refractivity contribution in [2.24, 2.45) is 0 Å². The fourth-order valence-electron chi connectivity index (χ4n) is 4.14. The number of hydrogen-bond acceptors (Lipinski definition) is 5. The Balaban J connectivity index is 1.35. The minimum Gasteiger partial charge on any atom is -0.369 e. The Bertz CT molecular complexity index is 835. The molecule has 0 spiro atoms. The molecule has 2 aliphatic heterocycles. The highest BCUT2D eigenvalue weighted by atomic mass is 32.1. The molecule has 1 amide bonds. The van der Waals surface area contributed by atoms with E-state index in [2.05, 4.69) is 9.88 Å². The molecule has 2 saturated heterocycles. The minimum absolute atomic E-state index is 0.0152. The van der Waals surface area contributed by atoms with Crippen LogP contribution >= 0.6 is 11.3 Å². The maximum Gasteiger partial charge on any atom is 0.416 e. The van der Waals surface area contributed by atoms with E-state index in [1.807, 2.05) is 9.80 Å². The third kappa shape index (κ3) is 4.56. The Morgan fingerprint density at radius 3 is 2.62 bits per heavy atom. The lowest BCUT2D eigenvalue weighted by atomic mass is 10.0. The number of piperidine rings is 1. The molecule has 0 saturated carbocycles. The van der Waals surface area contributed by atoms with Crippen molar-refractivity contribution >= 4 is 22.9 Å². The Labute approximate surface area is 171 Å². The molecule has 4 rings (SSSR count). The maximum atomic E-state index is 13.0. The minimum atomic E-state index is -4.33. The first-order valence-electron chi connectivity index (χ1n) is 9.75. The molecule has 1 aromatic carbocycles. The molecule has 0 bridgehead atoms. The van der Waals surface area contributed by atoms with Crippen molar-refractivity contribution in [1.29, 1.82) is 0 Å². The SMILES string of the molecule is O=C(c1cscn1)N1CCCC(N2CCN(c3cccc(C(F)(F)F)c3)CC2)C1. The summed E-state index contributed by atoms with van der Waals surface area (Å²) < 4.78 is 38.9. The second-order valence-corrected chi connectivity index (χ2v) is 8.21. The Hall–Kier alpha value is -2.13. The predicted molar refractivity (Wildman–Crippen MR) is 106 cm³/mol. The molecule has 2 aliphatic rings. The number of thiazole rings is 1. The number of hydrogen-bond donors (Lipinski definition) is 0. The van der Waals surface area contributed by atoms with E-state index in [9.17, 15) is 18.0 Å². The van der Waals surface area contributed by atoms with Gasteiger partial charge < -0.3 is 9.80 Å². The van der Waals surface area contributed by atoms with Gasteiger partial charge in [-0.2, -0.15) is 13.2 Å². The van der Waals surface area contributed by atoms with Crippen LogP contribution in [0.25, 0.3) is 0 Å². The van der Waals surface area contributed by atoms with Gasteiger partial charge in [-0.3, -0.25) is 9.69 Å². The summed E-state index contributed by atoms with van der Waals surface area (Å²) in [5.74, 6) is -0.0152. The van der Waals surface area contributed by atoms with Gasteiger partial charge in [-0.1, -0.05) is 6.07 Å². The summed E-state index contributed by atoms with van der Waals surface area (Å²) in [5.41, 5.74) is 2.18. The van der Waals surface area contributed by atoms with E-state index in [1.54, 1.807) is 17.0 Å². The first-order chi connectivity index (χ1) is 13.9. The van der Waals surface area contributed by atoms with Crippen LogP contribution in [0.4, 0.5) is 18.9 Å². The number of benzene rings is 1. The first-order valence-corrected chi connectivity index (χ1v) is 10.7. The number of piperazine rings is 1. The average molecular weight is 424 g/mol. The standard InChI is InChI=1S/C20H23F3N4OS/c21-20(22,23)15-3-1-4-16(11-15)25-7-9-26(10-8-25)17-5-2-6-27(12-17)19(28)18-13-29-14-24-18/h1,3-4,11,13-14,17H,2,5-10,12H2. The number of aromatic nitrogens is 1. The van der Waals surface area contributed by atoms with E-state index in [0.29, 0.717) is 31.0 Å². The van der Waals surface area contributed by atoms with Gasteiger partial charge in [-0.05, 0) is 31.0 Å². The highest BCUT2D eigenvalue weighted by molar-refractivity contribution is 7.07. The lowest BCUT2D eigenvalue weighted by Gasteiger charge is -2.43. The number of carbonyl (C=O) groups excluding carboxylic acids is 1. The van der Waals surface area contributed by atoms with Gasteiger partial charge in [0.05, 0.1) is 11.1 Å². The predicted octanol–water partition coefficient (Wildman–Crippen LogP) is 3.59. The number of nitrogens with zero attached hydrogens (tertiary/aromatic N) is 4. The molecule has 0 radical (unpaired) electrons. The lowest BCUT2D eigenvalue weighted by molar-refractivity contribution is -0.137. The van der Waals surface area contributed by atoms with E-state index < -0.39 is 11.7 Å². The van der Waals surface area contributed by atoms with Crippen molar-refractivity contribution in [3.63, 3.8) is 0 Å². The summed E-state index contributed by atoms with van der Waals surface area (Å²) >= 11 is 1.42. The zero-order chi connectivity index (χ0) is 20.4. The van der Waals surface area contributed by atoms with Gasteiger partial charge >= 0.3 is 6.18 Å². The summed E-state index contributed by atoms with van der Waals surface area (Å²) in [6.45, 7) is 4.34. The van der Waals surface area contributed by atoms with Crippen LogP contribution < -0.4 is 4.90 Å². The molecule has 1 atom stereocenters. The zero-order valence-corrected chi connectivity index (χ0v) is 16.8. The molecule has 29 heavy (non-hydrogen) atoms. The third-order valence-electron chi connectivity index (χ3n) is 5.70. The highest BCUT2D eigenvalue weighted by Crippen LogP contribution is 2.32. The normalized spacial score (nSPS) is 21.4. The van der Waals surface area contributed by atoms with Crippen LogP contribution in [0.3, 0.4) is 0 Å². The number of amides is 1. The van der Waals surface area contributed by atoms with Gasteiger partial charge in [-0.15, -0.1) is 11.3 Å². The van der Waals surface area contributed by atoms with E-state index >= 15 is 0 Å². The quantitative estimate of drug-likeness (QED) is 0.755. The van der Waals surface area contributed by atoms with Crippen LogP contribution in [0.15, 0.2) is 35.2 Å². The molecular formula is C20H23F3N4OS. The molecule has 9 heteroatoms. The van der Waals surface area contributed by atoms with Crippen molar-refractivity contribution in [2.45, 2.75) is 25.1 Å². The molecule has 3 heterocycles. The topological polar surface area (TPSA) is 39.7 Å². The number of likely N-dealkylation sites (tertiary alicyclic amines) is 1. The highest BCUT2D eigenvalue weighted by Gasteiger charge is 2.33. The monoisotopic (exact) mass is 424 g/mol. The summed E-state index contributed by atoms with van der Waals surface area (Å²) in [6, 6.07) is 5.82. The number of halogens is 3. The molecule has 1 unspecified atom stereocenters. The molecule has 0 N–H and O–H groups in total. The zero-order valence-electron chi connectivity index (χ0n) is 15.9. The summed E-state index contributed by atoms with van der Waals surface area (Å²) in [5, 5.41) is 1.78.